The van der Waals surface area contributed by atoms with Gasteiger partial charge in [-0.05, 0) is 46.7 Å². The lowest BCUT2D eigenvalue weighted by molar-refractivity contribution is 0.833. The highest BCUT2D eigenvalue weighted by molar-refractivity contribution is 5.77. The Morgan fingerprint density at radius 2 is 1.00 bits per heavy atom. The Morgan fingerprint density at radius 1 is 0.514 bits per heavy atom. The molecule has 1 aromatic heterocycles. The van der Waals surface area contributed by atoms with Crippen LogP contribution in [0, 0.1) is 0 Å². The second kappa shape index (κ2) is 9.71. The van der Waals surface area contributed by atoms with Gasteiger partial charge < -0.3 is 0 Å². The molecule has 0 radical (unpaired) electrons. The maximum Gasteiger partial charge on any atom is 0.168 e. The normalized spacial score (nSPS) is 11.4. The average Bonchev–Trinajstić information content (AvgIpc) is 3.34. The highest BCUT2D eigenvalue weighted by Gasteiger charge is 2.21. The molecule has 35 heavy (non-hydrogen) atoms. The molecule has 0 saturated carbocycles. The van der Waals surface area contributed by atoms with Crippen LogP contribution in [0.2, 0.25) is 0 Å². The van der Waals surface area contributed by atoms with Crippen molar-refractivity contribution in [2.24, 2.45) is 0 Å². The average molecular weight is 458 g/mol. The van der Waals surface area contributed by atoms with Crippen LogP contribution >= 0.6 is 0 Å². The summed E-state index contributed by atoms with van der Waals surface area (Å²) < 4.78 is 2.22. The van der Waals surface area contributed by atoms with Gasteiger partial charge in [0, 0.05) is 16.7 Å². The van der Waals surface area contributed by atoms with Gasteiger partial charge in [0.1, 0.15) is 0 Å². The van der Waals surface area contributed by atoms with Crippen molar-refractivity contribution in [3.63, 3.8) is 0 Å². The van der Waals surface area contributed by atoms with E-state index in [1.54, 1.807) is 0 Å². The lowest BCUT2D eigenvalue weighted by atomic mass is 9.93. The largest absolute Gasteiger partial charge is 0.274 e. The molecule has 0 fully saturated rings. The molecule has 0 aliphatic heterocycles. The molecular formula is C32H31N3. The first-order valence-corrected chi connectivity index (χ1v) is 12.3. The number of hydrogen-bond acceptors (Lipinski definition) is 2. The van der Waals surface area contributed by atoms with Crippen molar-refractivity contribution in [2.75, 3.05) is 0 Å². The Morgan fingerprint density at radius 3 is 1.57 bits per heavy atom. The first-order valence-electron chi connectivity index (χ1n) is 12.3. The number of nitrogens with zero attached hydrogens (tertiary/aromatic N) is 3. The summed E-state index contributed by atoms with van der Waals surface area (Å²) >= 11 is 0. The van der Waals surface area contributed by atoms with Crippen LogP contribution in [0.4, 0.5) is 0 Å². The Bertz CT molecular complexity index is 1400. The van der Waals surface area contributed by atoms with Gasteiger partial charge in [-0.25, -0.2) is 0 Å². The SMILES string of the molecule is CC(C)c1cc(-c2nnc(-c3ccccc3)n2-c2ccccc2-c2ccccc2)cc(C(C)C)c1. The van der Waals surface area contributed by atoms with Gasteiger partial charge in [-0.1, -0.05) is 113 Å². The fraction of sp³-hybridized carbons (Fsp3) is 0.188. The first kappa shape index (κ1) is 22.8. The van der Waals surface area contributed by atoms with Crippen molar-refractivity contribution in [3.05, 3.63) is 114 Å². The second-order valence-corrected chi connectivity index (χ2v) is 9.63. The lowest BCUT2D eigenvalue weighted by Crippen LogP contribution is -2.04. The van der Waals surface area contributed by atoms with E-state index < -0.39 is 0 Å². The maximum absolute atomic E-state index is 4.79. The Hall–Kier alpha value is -3.98. The van der Waals surface area contributed by atoms with E-state index in [9.17, 15) is 0 Å². The molecule has 5 rings (SSSR count). The van der Waals surface area contributed by atoms with Crippen LogP contribution in [0.1, 0.15) is 50.7 Å². The van der Waals surface area contributed by atoms with Crippen LogP contribution in [0.25, 0.3) is 39.6 Å². The van der Waals surface area contributed by atoms with Crippen molar-refractivity contribution < 1.29 is 0 Å². The Kier molecular flexibility index (Phi) is 6.33. The highest BCUT2D eigenvalue weighted by atomic mass is 15.3. The van der Waals surface area contributed by atoms with Gasteiger partial charge in [-0.2, -0.15) is 0 Å². The lowest BCUT2D eigenvalue weighted by Gasteiger charge is -2.18. The van der Waals surface area contributed by atoms with E-state index >= 15 is 0 Å². The minimum atomic E-state index is 0.425. The van der Waals surface area contributed by atoms with Crippen molar-refractivity contribution in [1.29, 1.82) is 0 Å². The quantitative estimate of drug-likeness (QED) is 0.256. The molecule has 0 bridgehead atoms. The number of para-hydroxylation sites is 1. The number of benzene rings is 4. The predicted octanol–water partition coefficient (Wildman–Crippen LogP) is 8.52. The molecule has 0 N–H and O–H groups in total. The van der Waals surface area contributed by atoms with Gasteiger partial charge in [0.05, 0.1) is 5.69 Å². The van der Waals surface area contributed by atoms with E-state index in [0.717, 1.165) is 34.0 Å². The minimum Gasteiger partial charge on any atom is -0.274 e. The number of hydrogen-bond donors (Lipinski definition) is 0. The minimum absolute atomic E-state index is 0.425. The van der Waals surface area contributed by atoms with E-state index in [0.29, 0.717) is 11.8 Å². The molecule has 174 valence electrons. The van der Waals surface area contributed by atoms with E-state index in [1.165, 1.54) is 16.7 Å². The smallest absolute Gasteiger partial charge is 0.168 e. The van der Waals surface area contributed by atoms with Crippen LogP contribution in [0.15, 0.2) is 103 Å². The van der Waals surface area contributed by atoms with Crippen molar-refractivity contribution in [1.82, 2.24) is 14.8 Å². The van der Waals surface area contributed by atoms with Crippen LogP contribution < -0.4 is 0 Å². The summed E-state index contributed by atoms with van der Waals surface area (Å²) in [5, 5.41) is 9.52. The molecular weight excluding hydrogens is 426 g/mol. The first-order chi connectivity index (χ1) is 17.0. The summed E-state index contributed by atoms with van der Waals surface area (Å²) in [4.78, 5) is 0. The van der Waals surface area contributed by atoms with Gasteiger partial charge in [0.2, 0.25) is 0 Å². The zero-order valence-electron chi connectivity index (χ0n) is 20.8. The van der Waals surface area contributed by atoms with Crippen LogP contribution in [0.3, 0.4) is 0 Å². The fourth-order valence-corrected chi connectivity index (χ4v) is 4.48. The zero-order chi connectivity index (χ0) is 24.4. The van der Waals surface area contributed by atoms with Gasteiger partial charge in [-0.15, -0.1) is 10.2 Å². The molecule has 0 unspecified atom stereocenters. The molecule has 1 heterocycles. The molecule has 5 aromatic rings. The topological polar surface area (TPSA) is 30.7 Å². The fourth-order valence-electron chi connectivity index (χ4n) is 4.48. The molecule has 3 nitrogen and oxygen atoms in total. The molecule has 4 aromatic carbocycles. The van der Waals surface area contributed by atoms with Crippen LogP contribution in [0.5, 0.6) is 0 Å². The van der Waals surface area contributed by atoms with Gasteiger partial charge in [0.25, 0.3) is 0 Å². The van der Waals surface area contributed by atoms with Crippen LogP contribution in [-0.2, 0) is 0 Å². The molecule has 0 aliphatic carbocycles. The summed E-state index contributed by atoms with van der Waals surface area (Å²) in [6.07, 6.45) is 0. The van der Waals surface area contributed by atoms with Crippen molar-refractivity contribution >= 4 is 0 Å². The summed E-state index contributed by atoms with van der Waals surface area (Å²) in [7, 11) is 0. The van der Waals surface area contributed by atoms with E-state index in [-0.39, 0.29) is 0 Å². The predicted molar refractivity (Wildman–Crippen MR) is 146 cm³/mol. The number of aromatic nitrogens is 3. The molecule has 0 saturated heterocycles. The summed E-state index contributed by atoms with van der Waals surface area (Å²) in [6.45, 7) is 8.98. The van der Waals surface area contributed by atoms with E-state index in [2.05, 4.69) is 117 Å². The summed E-state index contributed by atoms with van der Waals surface area (Å²) in [5.74, 6) is 2.55. The Labute approximate surface area is 208 Å². The third-order valence-electron chi connectivity index (χ3n) is 6.49. The second-order valence-electron chi connectivity index (χ2n) is 9.63. The van der Waals surface area contributed by atoms with E-state index in [4.69, 9.17) is 10.2 Å². The van der Waals surface area contributed by atoms with Crippen molar-refractivity contribution in [2.45, 2.75) is 39.5 Å². The molecule has 0 atom stereocenters. The van der Waals surface area contributed by atoms with Crippen LogP contribution in [-0.4, -0.2) is 14.8 Å². The Balaban J connectivity index is 1.81. The standard InChI is InChI=1S/C32H31N3/c1-22(2)26-19-27(23(3)4)21-28(20-26)32-34-33-31(25-15-9-6-10-16-25)35(32)30-18-12-11-17-29(30)24-13-7-5-8-14-24/h5-23H,1-4H3. The highest BCUT2D eigenvalue weighted by Crippen LogP contribution is 2.36. The molecule has 0 spiro atoms. The van der Waals surface area contributed by atoms with Gasteiger partial charge in [-0.3, -0.25) is 4.57 Å². The number of rotatable bonds is 6. The third-order valence-corrected chi connectivity index (χ3v) is 6.49. The van der Waals surface area contributed by atoms with Gasteiger partial charge in [0.15, 0.2) is 11.6 Å². The third kappa shape index (κ3) is 4.54. The molecule has 0 amide bonds. The molecule has 3 heteroatoms. The van der Waals surface area contributed by atoms with Gasteiger partial charge >= 0.3 is 0 Å². The molecule has 0 aliphatic rings. The summed E-state index contributed by atoms with van der Waals surface area (Å²) in [6, 6.07) is 36.2. The van der Waals surface area contributed by atoms with Crippen molar-refractivity contribution in [3.8, 4) is 39.6 Å². The monoisotopic (exact) mass is 457 g/mol. The summed E-state index contributed by atoms with van der Waals surface area (Å²) in [5.41, 5.74) is 8.15. The maximum atomic E-state index is 4.79. The van der Waals surface area contributed by atoms with E-state index in [1.807, 2.05) is 18.2 Å². The zero-order valence-corrected chi connectivity index (χ0v) is 20.8.